The van der Waals surface area contributed by atoms with E-state index in [9.17, 15) is 4.79 Å². The summed E-state index contributed by atoms with van der Waals surface area (Å²) in [6.45, 7) is 6.93. The third-order valence-corrected chi connectivity index (χ3v) is 5.55. The van der Waals surface area contributed by atoms with Crippen molar-refractivity contribution in [2.75, 3.05) is 26.2 Å². The van der Waals surface area contributed by atoms with Crippen molar-refractivity contribution in [2.24, 2.45) is 0 Å². The number of piperazine rings is 1. The predicted molar refractivity (Wildman–Crippen MR) is 109 cm³/mol. The van der Waals surface area contributed by atoms with Gasteiger partial charge in [0.15, 0.2) is 0 Å². The minimum Gasteiger partial charge on any atom is -0.309 e. The van der Waals surface area contributed by atoms with Crippen LogP contribution in [0.15, 0.2) is 53.3 Å². The highest BCUT2D eigenvalue weighted by molar-refractivity contribution is 6.30. The average Bonchev–Trinajstić information content (AvgIpc) is 2.70. The first kappa shape index (κ1) is 18.2. The lowest BCUT2D eigenvalue weighted by molar-refractivity contribution is 0.0948. The van der Waals surface area contributed by atoms with Gasteiger partial charge in [-0.1, -0.05) is 35.9 Å². The maximum atomic E-state index is 12.3. The van der Waals surface area contributed by atoms with Gasteiger partial charge in [-0.3, -0.25) is 14.6 Å². The van der Waals surface area contributed by atoms with Crippen LogP contribution in [0.2, 0.25) is 5.02 Å². The zero-order chi connectivity index (χ0) is 18.8. The maximum Gasteiger partial charge on any atom is 0.258 e. The summed E-state index contributed by atoms with van der Waals surface area (Å²) in [6, 6.07) is 15.6. The Balaban J connectivity index is 1.42. The summed E-state index contributed by atoms with van der Waals surface area (Å²) in [4.78, 5) is 24.8. The Morgan fingerprint density at radius 1 is 1.07 bits per heavy atom. The molecule has 0 bridgehead atoms. The minimum atomic E-state index is -0.0659. The van der Waals surface area contributed by atoms with Gasteiger partial charge in [0.1, 0.15) is 5.82 Å². The van der Waals surface area contributed by atoms with Gasteiger partial charge in [-0.25, -0.2) is 4.98 Å². The molecule has 1 aliphatic heterocycles. The molecule has 2 aromatic carbocycles. The van der Waals surface area contributed by atoms with E-state index in [2.05, 4.69) is 38.8 Å². The number of halogens is 1. The fraction of sp³-hybridized carbons (Fsp3) is 0.333. The topological polar surface area (TPSA) is 52.2 Å². The maximum absolute atomic E-state index is 12.3. The highest BCUT2D eigenvalue weighted by atomic mass is 35.5. The quantitative estimate of drug-likeness (QED) is 0.750. The first-order valence-corrected chi connectivity index (χ1v) is 9.68. The Bertz CT molecular complexity index is 977. The van der Waals surface area contributed by atoms with Crippen LogP contribution in [0.4, 0.5) is 0 Å². The smallest absolute Gasteiger partial charge is 0.258 e. The molecular formula is C21H23ClN4O. The van der Waals surface area contributed by atoms with Crippen molar-refractivity contribution < 1.29 is 0 Å². The van der Waals surface area contributed by atoms with Crippen molar-refractivity contribution in [3.63, 3.8) is 0 Å². The average molecular weight is 383 g/mol. The van der Waals surface area contributed by atoms with E-state index in [0.29, 0.717) is 5.39 Å². The zero-order valence-corrected chi connectivity index (χ0v) is 16.1. The number of para-hydroxylation sites is 1. The van der Waals surface area contributed by atoms with Crippen molar-refractivity contribution in [3.05, 3.63) is 75.3 Å². The largest absolute Gasteiger partial charge is 0.309 e. The van der Waals surface area contributed by atoms with E-state index < -0.39 is 0 Å². The van der Waals surface area contributed by atoms with Crippen molar-refractivity contribution >= 4 is 22.5 Å². The van der Waals surface area contributed by atoms with E-state index in [1.165, 1.54) is 5.56 Å². The second kappa shape index (κ2) is 7.80. The minimum absolute atomic E-state index is 0.0659. The predicted octanol–water partition coefficient (Wildman–Crippen LogP) is 3.46. The second-order valence-electron chi connectivity index (χ2n) is 7.08. The summed E-state index contributed by atoms with van der Waals surface area (Å²) >= 11 is 5.96. The molecule has 3 aromatic rings. The van der Waals surface area contributed by atoms with E-state index in [-0.39, 0.29) is 11.6 Å². The Hall–Kier alpha value is -2.21. The molecule has 0 aliphatic carbocycles. The molecular weight excluding hydrogens is 360 g/mol. The summed E-state index contributed by atoms with van der Waals surface area (Å²) < 4.78 is 0. The molecule has 140 valence electrons. The highest BCUT2D eigenvalue weighted by Gasteiger charge is 2.23. The Morgan fingerprint density at radius 2 is 1.78 bits per heavy atom. The van der Waals surface area contributed by atoms with Gasteiger partial charge in [-0.2, -0.15) is 0 Å². The third-order valence-electron chi connectivity index (χ3n) is 5.30. The lowest BCUT2D eigenvalue weighted by Crippen LogP contribution is -2.47. The first-order chi connectivity index (χ1) is 13.1. The van der Waals surface area contributed by atoms with Crippen LogP contribution >= 0.6 is 11.6 Å². The van der Waals surface area contributed by atoms with Gasteiger partial charge in [0.25, 0.3) is 5.56 Å². The molecule has 0 amide bonds. The van der Waals surface area contributed by atoms with E-state index >= 15 is 0 Å². The van der Waals surface area contributed by atoms with Gasteiger partial charge in [-0.05, 0) is 36.8 Å². The summed E-state index contributed by atoms with van der Waals surface area (Å²) in [5.74, 6) is 0.741. The number of nitrogens with zero attached hydrogens (tertiary/aromatic N) is 3. The van der Waals surface area contributed by atoms with Crippen LogP contribution in [0.25, 0.3) is 10.9 Å². The standard InChI is InChI=1S/C21H23ClN4O/c1-15(20-23-19-5-3-2-4-18(19)21(27)24-20)26-12-10-25(11-13-26)14-16-6-8-17(22)9-7-16/h2-9,15H,10-14H2,1H3,(H,23,24,27)/t15-/m0/s1. The molecule has 1 fully saturated rings. The van der Waals surface area contributed by atoms with E-state index in [1.54, 1.807) is 0 Å². The van der Waals surface area contributed by atoms with Gasteiger partial charge in [0.2, 0.25) is 0 Å². The van der Waals surface area contributed by atoms with Crippen LogP contribution in [0.3, 0.4) is 0 Å². The molecule has 1 N–H and O–H groups in total. The highest BCUT2D eigenvalue weighted by Crippen LogP contribution is 2.20. The van der Waals surface area contributed by atoms with E-state index in [4.69, 9.17) is 11.6 Å². The summed E-state index contributed by atoms with van der Waals surface area (Å²) in [5, 5.41) is 1.41. The Kier molecular flexibility index (Phi) is 5.25. The second-order valence-corrected chi connectivity index (χ2v) is 7.52. The Morgan fingerprint density at radius 3 is 2.52 bits per heavy atom. The molecule has 27 heavy (non-hydrogen) atoms. The summed E-state index contributed by atoms with van der Waals surface area (Å²) in [6.07, 6.45) is 0. The van der Waals surface area contributed by atoms with Crippen molar-refractivity contribution in [1.82, 2.24) is 19.8 Å². The van der Waals surface area contributed by atoms with Crippen LogP contribution in [-0.2, 0) is 6.54 Å². The third kappa shape index (κ3) is 4.05. The molecule has 1 aliphatic rings. The fourth-order valence-electron chi connectivity index (χ4n) is 3.63. The number of hydrogen-bond donors (Lipinski definition) is 1. The van der Waals surface area contributed by atoms with Crippen molar-refractivity contribution in [1.29, 1.82) is 0 Å². The number of nitrogens with one attached hydrogen (secondary N) is 1. The van der Waals surface area contributed by atoms with E-state index in [1.807, 2.05) is 36.4 Å². The lowest BCUT2D eigenvalue weighted by Gasteiger charge is -2.37. The zero-order valence-electron chi connectivity index (χ0n) is 15.4. The number of benzene rings is 2. The van der Waals surface area contributed by atoms with Crippen molar-refractivity contribution in [3.8, 4) is 0 Å². The number of H-pyrrole nitrogens is 1. The van der Waals surface area contributed by atoms with Crippen LogP contribution in [0, 0.1) is 0 Å². The normalized spacial score (nSPS) is 17.3. The molecule has 1 aromatic heterocycles. The number of aromatic amines is 1. The number of rotatable bonds is 4. The summed E-state index contributed by atoms with van der Waals surface area (Å²) in [5.41, 5.74) is 1.97. The van der Waals surface area contributed by atoms with Gasteiger partial charge in [0, 0.05) is 37.7 Å². The molecule has 0 saturated carbocycles. The molecule has 0 radical (unpaired) electrons. The van der Waals surface area contributed by atoms with Gasteiger partial charge < -0.3 is 4.98 Å². The molecule has 1 saturated heterocycles. The molecule has 1 atom stereocenters. The Labute approximate surface area is 163 Å². The monoisotopic (exact) mass is 382 g/mol. The summed E-state index contributed by atoms with van der Waals surface area (Å²) in [7, 11) is 0. The molecule has 2 heterocycles. The molecule has 6 heteroatoms. The molecule has 5 nitrogen and oxygen atoms in total. The van der Waals surface area contributed by atoms with Crippen LogP contribution in [0.5, 0.6) is 0 Å². The van der Waals surface area contributed by atoms with Crippen LogP contribution in [0.1, 0.15) is 24.4 Å². The molecule has 4 rings (SSSR count). The van der Waals surface area contributed by atoms with Crippen LogP contribution < -0.4 is 5.56 Å². The number of hydrogen-bond acceptors (Lipinski definition) is 4. The van der Waals surface area contributed by atoms with Crippen molar-refractivity contribution in [2.45, 2.75) is 19.5 Å². The fourth-order valence-corrected chi connectivity index (χ4v) is 3.76. The first-order valence-electron chi connectivity index (χ1n) is 9.30. The van der Waals surface area contributed by atoms with Crippen LogP contribution in [-0.4, -0.2) is 45.9 Å². The number of fused-ring (bicyclic) bond motifs is 1. The van der Waals surface area contributed by atoms with Gasteiger partial charge in [-0.15, -0.1) is 0 Å². The van der Waals surface area contributed by atoms with Gasteiger partial charge >= 0.3 is 0 Å². The van der Waals surface area contributed by atoms with Gasteiger partial charge in [0.05, 0.1) is 16.9 Å². The number of aromatic nitrogens is 2. The molecule has 0 unspecified atom stereocenters. The SMILES string of the molecule is C[C@@H](c1nc2ccccc2c(=O)[nH]1)N1CCN(Cc2ccc(Cl)cc2)CC1. The van der Waals surface area contributed by atoms with E-state index in [0.717, 1.165) is 49.1 Å². The molecule has 0 spiro atoms. The lowest BCUT2D eigenvalue weighted by atomic mass is 10.1.